The van der Waals surface area contributed by atoms with Crippen LogP contribution in [0.3, 0.4) is 0 Å². The number of carbonyl (C=O) groups is 1. The quantitative estimate of drug-likeness (QED) is 0.487. The van der Waals surface area contributed by atoms with Crippen molar-refractivity contribution in [3.05, 3.63) is 17.7 Å². The number of nitrogens with two attached hydrogens (primary N) is 1. The van der Waals surface area contributed by atoms with Crippen molar-refractivity contribution < 1.29 is 24.1 Å². The maximum atomic E-state index is 12.3. The van der Waals surface area contributed by atoms with Crippen molar-refractivity contribution in [2.24, 2.45) is 5.73 Å². The zero-order valence-corrected chi connectivity index (χ0v) is 13.2. The van der Waals surface area contributed by atoms with Crippen molar-refractivity contribution in [3.8, 4) is 17.2 Å². The van der Waals surface area contributed by atoms with E-state index < -0.39 is 17.9 Å². The molecule has 1 rings (SSSR count). The van der Waals surface area contributed by atoms with Gasteiger partial charge in [0.2, 0.25) is 11.5 Å². The highest BCUT2D eigenvalue weighted by atomic mass is 16.5. The molecule has 0 fully saturated rings. The van der Waals surface area contributed by atoms with E-state index in [1.165, 1.54) is 40.4 Å². The molecule has 1 aromatic rings. The number of ether oxygens (including phenoxy) is 3. The second kappa shape index (κ2) is 7.77. The fraction of sp³-hybridized carbons (Fsp3) is 0.467. The first-order valence-corrected chi connectivity index (χ1v) is 6.71. The maximum Gasteiger partial charge on any atom is 0.206 e. The molecule has 0 aliphatic rings. The summed E-state index contributed by atoms with van der Waals surface area (Å²) in [5.41, 5.74) is 5.72. The molecule has 0 aromatic heterocycles. The Kier molecular flexibility index (Phi) is 6.33. The molecule has 1 aromatic carbocycles. The number of methoxy groups -OCH3 is 3. The normalized spacial score (nSPS) is 13.2. The third-order valence-corrected chi connectivity index (χ3v) is 3.26. The van der Waals surface area contributed by atoms with E-state index in [1.54, 1.807) is 0 Å². The van der Waals surface area contributed by atoms with Crippen LogP contribution in [0.5, 0.6) is 17.2 Å². The highest BCUT2D eigenvalue weighted by molar-refractivity contribution is 6.45. The van der Waals surface area contributed by atoms with Crippen molar-refractivity contribution in [2.45, 2.75) is 25.5 Å². The summed E-state index contributed by atoms with van der Waals surface area (Å²) in [4.78, 5) is 12.3. The van der Waals surface area contributed by atoms with Gasteiger partial charge in [-0.05, 0) is 19.1 Å². The lowest BCUT2D eigenvalue weighted by molar-refractivity contribution is 0.105. The van der Waals surface area contributed by atoms with E-state index in [-0.39, 0.29) is 17.7 Å². The summed E-state index contributed by atoms with van der Waals surface area (Å²) in [5, 5.41) is 17.2. The number of rotatable bonds is 8. The SMILES string of the molecule is COc1cc(C(=O)C(=N)CC(N)C(C)O)cc(OC)c1OC. The number of aliphatic hydroxyl groups excluding tert-OH is 1. The van der Waals surface area contributed by atoms with E-state index in [0.29, 0.717) is 17.2 Å². The average Bonchev–Trinajstić information content (AvgIpc) is 2.52. The second-order valence-electron chi connectivity index (χ2n) is 4.83. The number of hydrogen-bond acceptors (Lipinski definition) is 7. The summed E-state index contributed by atoms with van der Waals surface area (Å²) in [5.74, 6) is 0.528. The molecular weight excluding hydrogens is 288 g/mol. The molecule has 4 N–H and O–H groups in total. The molecule has 7 nitrogen and oxygen atoms in total. The van der Waals surface area contributed by atoms with Gasteiger partial charge < -0.3 is 30.5 Å². The largest absolute Gasteiger partial charge is 0.493 e. The smallest absolute Gasteiger partial charge is 0.206 e. The van der Waals surface area contributed by atoms with Gasteiger partial charge in [0.25, 0.3) is 0 Å². The molecule has 0 spiro atoms. The lowest BCUT2D eigenvalue weighted by atomic mass is 9.99. The molecule has 2 unspecified atom stereocenters. The summed E-state index contributed by atoms with van der Waals surface area (Å²) < 4.78 is 15.5. The Morgan fingerprint density at radius 1 is 1.23 bits per heavy atom. The van der Waals surface area contributed by atoms with Crippen molar-refractivity contribution in [2.75, 3.05) is 21.3 Å². The highest BCUT2D eigenvalue weighted by Crippen LogP contribution is 2.38. The maximum absolute atomic E-state index is 12.3. The monoisotopic (exact) mass is 310 g/mol. The minimum absolute atomic E-state index is 0.0207. The van der Waals surface area contributed by atoms with Gasteiger partial charge in [0.1, 0.15) is 0 Å². The number of ketones is 1. The third kappa shape index (κ3) is 3.96. The van der Waals surface area contributed by atoms with Gasteiger partial charge in [-0.2, -0.15) is 0 Å². The fourth-order valence-corrected chi connectivity index (χ4v) is 1.89. The highest BCUT2D eigenvalue weighted by Gasteiger charge is 2.22. The van der Waals surface area contributed by atoms with E-state index in [0.717, 1.165) is 0 Å². The Labute approximate surface area is 129 Å². The summed E-state index contributed by atoms with van der Waals surface area (Å²) in [6, 6.07) is 2.29. The van der Waals surface area contributed by atoms with Crippen molar-refractivity contribution >= 4 is 11.5 Å². The Morgan fingerprint density at radius 2 is 1.73 bits per heavy atom. The predicted molar refractivity (Wildman–Crippen MR) is 82.4 cm³/mol. The van der Waals surface area contributed by atoms with Crippen LogP contribution in [0.25, 0.3) is 0 Å². The average molecular weight is 310 g/mol. The van der Waals surface area contributed by atoms with Gasteiger partial charge in [0, 0.05) is 18.0 Å². The zero-order chi connectivity index (χ0) is 16.9. The molecule has 122 valence electrons. The van der Waals surface area contributed by atoms with Crippen molar-refractivity contribution in [1.82, 2.24) is 0 Å². The van der Waals surface area contributed by atoms with Crippen molar-refractivity contribution in [1.29, 1.82) is 5.41 Å². The number of benzene rings is 1. The van der Waals surface area contributed by atoms with Crippen LogP contribution in [-0.2, 0) is 0 Å². The molecule has 0 aliphatic heterocycles. The van der Waals surface area contributed by atoms with Crippen LogP contribution in [0, 0.1) is 5.41 Å². The van der Waals surface area contributed by atoms with Gasteiger partial charge in [0.05, 0.1) is 33.1 Å². The zero-order valence-electron chi connectivity index (χ0n) is 13.2. The van der Waals surface area contributed by atoms with E-state index in [9.17, 15) is 9.90 Å². The minimum atomic E-state index is -0.798. The molecule has 0 saturated heterocycles. The summed E-state index contributed by atoms with van der Waals surface area (Å²) in [6.07, 6.45) is -0.819. The van der Waals surface area contributed by atoms with Crippen molar-refractivity contribution in [3.63, 3.8) is 0 Å². The van der Waals surface area contributed by atoms with Crippen LogP contribution in [0.1, 0.15) is 23.7 Å². The van der Waals surface area contributed by atoms with E-state index in [2.05, 4.69) is 0 Å². The molecule has 2 atom stereocenters. The molecule has 0 amide bonds. The van der Waals surface area contributed by atoms with Gasteiger partial charge in [-0.25, -0.2) is 0 Å². The molecule has 0 aliphatic carbocycles. The van der Waals surface area contributed by atoms with Crippen LogP contribution in [0.2, 0.25) is 0 Å². The van der Waals surface area contributed by atoms with E-state index >= 15 is 0 Å². The number of aliphatic hydroxyl groups is 1. The molecule has 0 saturated carbocycles. The number of hydrogen-bond donors (Lipinski definition) is 3. The Bertz CT molecular complexity index is 532. The predicted octanol–water partition coefficient (Wildman–Crippen LogP) is 1.01. The van der Waals surface area contributed by atoms with Gasteiger partial charge in [0.15, 0.2) is 11.5 Å². The van der Waals surface area contributed by atoms with E-state index in [4.69, 9.17) is 25.4 Å². The first-order valence-electron chi connectivity index (χ1n) is 6.71. The van der Waals surface area contributed by atoms with Crippen LogP contribution in [-0.4, -0.2) is 50.1 Å². The number of Topliss-reactive ketones (excluding diaryl/α,β-unsaturated/α-hetero) is 1. The lowest BCUT2D eigenvalue weighted by Gasteiger charge is -2.16. The van der Waals surface area contributed by atoms with E-state index in [1.807, 2.05) is 0 Å². The molecule has 22 heavy (non-hydrogen) atoms. The molecule has 0 heterocycles. The van der Waals surface area contributed by atoms with Gasteiger partial charge in [-0.1, -0.05) is 0 Å². The first-order chi connectivity index (χ1) is 10.3. The summed E-state index contributed by atoms with van der Waals surface area (Å²) in [6.45, 7) is 1.52. The molecule has 0 bridgehead atoms. The molecule has 0 radical (unpaired) electrons. The summed E-state index contributed by atoms with van der Waals surface area (Å²) >= 11 is 0. The topological polar surface area (TPSA) is 115 Å². The number of nitrogens with one attached hydrogen (secondary N) is 1. The Balaban J connectivity index is 3.10. The number of carbonyl (C=O) groups excluding carboxylic acids is 1. The fourth-order valence-electron chi connectivity index (χ4n) is 1.89. The van der Waals surface area contributed by atoms with Gasteiger partial charge in [-0.15, -0.1) is 0 Å². The third-order valence-electron chi connectivity index (χ3n) is 3.26. The van der Waals surface area contributed by atoms with Crippen LogP contribution in [0.4, 0.5) is 0 Å². The molecular formula is C15H22N2O5. The first kappa shape index (κ1) is 17.9. The lowest BCUT2D eigenvalue weighted by Crippen LogP contribution is -2.36. The Morgan fingerprint density at radius 3 is 2.09 bits per heavy atom. The van der Waals surface area contributed by atoms with Crippen LogP contribution >= 0.6 is 0 Å². The summed E-state index contributed by atoms with van der Waals surface area (Å²) in [7, 11) is 4.35. The Hall–Kier alpha value is -2.12. The second-order valence-corrected chi connectivity index (χ2v) is 4.83. The standard InChI is InChI=1S/C15H22N2O5/c1-8(18)10(16)7-11(17)14(19)9-5-12(20-2)15(22-4)13(6-9)21-3/h5-6,8,10,17-18H,7,16H2,1-4H3. The van der Waals surface area contributed by atoms with Crippen LogP contribution in [0.15, 0.2) is 12.1 Å². The van der Waals surface area contributed by atoms with Crippen LogP contribution < -0.4 is 19.9 Å². The minimum Gasteiger partial charge on any atom is -0.493 e. The van der Waals surface area contributed by atoms with Gasteiger partial charge in [-0.3, -0.25) is 4.79 Å². The van der Waals surface area contributed by atoms with Gasteiger partial charge >= 0.3 is 0 Å². The molecule has 7 heteroatoms.